The molecule has 0 heterocycles. The lowest BCUT2D eigenvalue weighted by atomic mass is 9.98. The maximum absolute atomic E-state index is 5.87. The lowest BCUT2D eigenvalue weighted by molar-refractivity contribution is -0.0140. The van der Waals surface area contributed by atoms with E-state index < -0.39 is 0 Å². The molecule has 1 nitrogen and oxygen atoms in total. The second kappa shape index (κ2) is 6.42. The average molecular weight is 186 g/mol. The van der Waals surface area contributed by atoms with E-state index in [-0.39, 0.29) is 0 Å². The third kappa shape index (κ3) is 8.29. The lowest BCUT2D eigenvalue weighted by Gasteiger charge is -2.23. The first kappa shape index (κ1) is 13.0. The summed E-state index contributed by atoms with van der Waals surface area (Å²) in [4.78, 5) is 0. The Balaban J connectivity index is 3.87. The maximum atomic E-state index is 5.87. The number of ether oxygens (including phenoxy) is 1. The van der Waals surface area contributed by atoms with Gasteiger partial charge in [0.2, 0.25) is 0 Å². The minimum atomic E-state index is 0.363. The third-order valence-electron chi connectivity index (χ3n) is 1.93. The summed E-state index contributed by atoms with van der Waals surface area (Å²) >= 11 is 0. The monoisotopic (exact) mass is 186 g/mol. The van der Waals surface area contributed by atoms with Gasteiger partial charge in [0, 0.05) is 0 Å². The molecule has 0 saturated heterocycles. The van der Waals surface area contributed by atoms with E-state index in [1.807, 2.05) is 0 Å². The average Bonchev–Trinajstić information content (AvgIpc) is 1.80. The Bertz CT molecular complexity index is 92.5. The van der Waals surface area contributed by atoms with Crippen molar-refractivity contribution in [3.63, 3.8) is 0 Å². The Morgan fingerprint density at radius 2 is 1.15 bits per heavy atom. The summed E-state index contributed by atoms with van der Waals surface area (Å²) in [5, 5.41) is 0. The van der Waals surface area contributed by atoms with Crippen molar-refractivity contribution in [3.05, 3.63) is 0 Å². The van der Waals surface area contributed by atoms with Crippen molar-refractivity contribution in [1.82, 2.24) is 0 Å². The van der Waals surface area contributed by atoms with Crippen molar-refractivity contribution in [2.75, 3.05) is 0 Å². The van der Waals surface area contributed by atoms with E-state index in [1.54, 1.807) is 0 Å². The van der Waals surface area contributed by atoms with Crippen LogP contribution < -0.4 is 0 Å². The van der Waals surface area contributed by atoms with Crippen molar-refractivity contribution in [1.29, 1.82) is 0 Å². The van der Waals surface area contributed by atoms with E-state index in [2.05, 4.69) is 41.5 Å². The summed E-state index contributed by atoms with van der Waals surface area (Å²) in [5.41, 5.74) is 0. The zero-order chi connectivity index (χ0) is 10.4. The Labute approximate surface area is 83.9 Å². The molecule has 0 N–H and O–H groups in total. The van der Waals surface area contributed by atoms with Crippen molar-refractivity contribution in [2.45, 2.75) is 66.6 Å². The van der Waals surface area contributed by atoms with Gasteiger partial charge >= 0.3 is 0 Å². The number of hydrogen-bond donors (Lipinski definition) is 0. The highest BCUT2D eigenvalue weighted by molar-refractivity contribution is 4.64. The molecule has 0 radical (unpaired) electrons. The Hall–Kier alpha value is -0.0400. The molecule has 13 heavy (non-hydrogen) atoms. The zero-order valence-corrected chi connectivity index (χ0v) is 10.1. The zero-order valence-electron chi connectivity index (χ0n) is 10.1. The quantitative estimate of drug-likeness (QED) is 0.612. The molecule has 0 bridgehead atoms. The van der Waals surface area contributed by atoms with Crippen LogP contribution in [0.15, 0.2) is 0 Å². The number of hydrogen-bond acceptors (Lipinski definition) is 1. The fourth-order valence-electron chi connectivity index (χ4n) is 1.64. The molecule has 80 valence electrons. The first-order valence-corrected chi connectivity index (χ1v) is 5.57. The molecule has 0 atom stereocenters. The molecule has 0 aliphatic carbocycles. The Morgan fingerprint density at radius 3 is 1.38 bits per heavy atom. The van der Waals surface area contributed by atoms with E-state index in [0.29, 0.717) is 12.2 Å². The minimum absolute atomic E-state index is 0.363. The molecular formula is C12H26O. The summed E-state index contributed by atoms with van der Waals surface area (Å²) in [6.45, 7) is 13.3. The summed E-state index contributed by atoms with van der Waals surface area (Å²) in [5.74, 6) is 1.48. The van der Waals surface area contributed by atoms with Crippen LogP contribution in [-0.2, 0) is 4.74 Å². The fraction of sp³-hybridized carbons (Fsp3) is 1.00. The van der Waals surface area contributed by atoms with Crippen LogP contribution in [0.2, 0.25) is 0 Å². The number of rotatable bonds is 6. The molecule has 0 fully saturated rings. The van der Waals surface area contributed by atoms with Crippen LogP contribution in [0, 0.1) is 11.8 Å². The predicted octanol–water partition coefficient (Wildman–Crippen LogP) is 3.87. The van der Waals surface area contributed by atoms with Gasteiger partial charge in [0.05, 0.1) is 12.2 Å². The van der Waals surface area contributed by atoms with Crippen LogP contribution in [0.3, 0.4) is 0 Å². The van der Waals surface area contributed by atoms with E-state index in [4.69, 9.17) is 4.74 Å². The van der Waals surface area contributed by atoms with Gasteiger partial charge < -0.3 is 4.74 Å². The molecule has 0 saturated carbocycles. The fourth-order valence-corrected chi connectivity index (χ4v) is 1.64. The van der Waals surface area contributed by atoms with Gasteiger partial charge in [-0.25, -0.2) is 0 Å². The third-order valence-corrected chi connectivity index (χ3v) is 1.93. The van der Waals surface area contributed by atoms with Crippen LogP contribution in [0.4, 0.5) is 0 Å². The van der Waals surface area contributed by atoms with Gasteiger partial charge in [0.25, 0.3) is 0 Å². The molecule has 0 aliphatic heterocycles. The molecule has 0 aromatic carbocycles. The highest BCUT2D eigenvalue weighted by Crippen LogP contribution is 2.17. The van der Waals surface area contributed by atoms with E-state index in [1.165, 1.54) is 12.8 Å². The smallest absolute Gasteiger partial charge is 0.0583 e. The first-order chi connectivity index (χ1) is 5.91. The van der Waals surface area contributed by atoms with Gasteiger partial charge in [-0.05, 0) is 38.5 Å². The van der Waals surface area contributed by atoms with Gasteiger partial charge in [-0.2, -0.15) is 0 Å². The Kier molecular flexibility index (Phi) is 6.40. The molecule has 1 heteroatoms. The van der Waals surface area contributed by atoms with Crippen molar-refractivity contribution >= 4 is 0 Å². The highest BCUT2D eigenvalue weighted by atomic mass is 16.5. The molecule has 0 rings (SSSR count). The van der Waals surface area contributed by atoms with E-state index >= 15 is 0 Å². The SMILES string of the molecule is CC(C)CC(CC(C)C)OC(C)C. The van der Waals surface area contributed by atoms with Crippen LogP contribution in [0.1, 0.15) is 54.4 Å². The second-order valence-electron chi connectivity index (χ2n) is 5.07. The van der Waals surface area contributed by atoms with Crippen molar-refractivity contribution < 1.29 is 4.74 Å². The van der Waals surface area contributed by atoms with Gasteiger partial charge in [-0.1, -0.05) is 27.7 Å². The van der Waals surface area contributed by atoms with Crippen LogP contribution in [0.25, 0.3) is 0 Å². The normalized spacial score (nSPS) is 12.5. The van der Waals surface area contributed by atoms with E-state index in [0.717, 1.165) is 11.8 Å². The second-order valence-corrected chi connectivity index (χ2v) is 5.07. The van der Waals surface area contributed by atoms with Crippen LogP contribution in [-0.4, -0.2) is 12.2 Å². The van der Waals surface area contributed by atoms with Crippen molar-refractivity contribution in [3.8, 4) is 0 Å². The topological polar surface area (TPSA) is 9.23 Å². The lowest BCUT2D eigenvalue weighted by Crippen LogP contribution is -2.21. The Morgan fingerprint density at radius 1 is 0.769 bits per heavy atom. The van der Waals surface area contributed by atoms with Gasteiger partial charge in [0.15, 0.2) is 0 Å². The molecule has 0 aromatic rings. The highest BCUT2D eigenvalue weighted by Gasteiger charge is 2.14. The largest absolute Gasteiger partial charge is 0.376 e. The van der Waals surface area contributed by atoms with Crippen LogP contribution >= 0.6 is 0 Å². The molecular weight excluding hydrogens is 160 g/mol. The first-order valence-electron chi connectivity index (χ1n) is 5.57. The summed E-state index contributed by atoms with van der Waals surface area (Å²) in [6.07, 6.45) is 3.20. The standard InChI is InChI=1S/C12H26O/c1-9(2)7-12(8-10(3)4)13-11(5)6/h9-12H,7-8H2,1-6H3. The van der Waals surface area contributed by atoms with Crippen LogP contribution in [0.5, 0.6) is 0 Å². The van der Waals surface area contributed by atoms with Gasteiger partial charge in [0.1, 0.15) is 0 Å². The summed E-state index contributed by atoms with van der Waals surface area (Å²) in [6, 6.07) is 0. The molecule has 0 aliphatic rings. The van der Waals surface area contributed by atoms with E-state index in [9.17, 15) is 0 Å². The minimum Gasteiger partial charge on any atom is -0.376 e. The summed E-state index contributed by atoms with van der Waals surface area (Å²) in [7, 11) is 0. The molecule has 0 spiro atoms. The maximum Gasteiger partial charge on any atom is 0.0583 e. The molecule has 0 aromatic heterocycles. The summed E-state index contributed by atoms with van der Waals surface area (Å²) < 4.78 is 5.87. The van der Waals surface area contributed by atoms with Gasteiger partial charge in [-0.3, -0.25) is 0 Å². The van der Waals surface area contributed by atoms with Gasteiger partial charge in [-0.15, -0.1) is 0 Å². The molecule has 0 amide bonds. The van der Waals surface area contributed by atoms with Crippen molar-refractivity contribution in [2.24, 2.45) is 11.8 Å². The molecule has 0 unspecified atom stereocenters. The predicted molar refractivity (Wildman–Crippen MR) is 58.9 cm³/mol.